The molecule has 2 fully saturated rings. The van der Waals surface area contributed by atoms with Crippen LogP contribution in [0.5, 0.6) is 5.75 Å². The van der Waals surface area contributed by atoms with Crippen molar-refractivity contribution in [3.8, 4) is 5.75 Å². The third kappa shape index (κ3) is 3.98. The maximum Gasteiger partial charge on any atom is 0.119 e. The third-order valence-corrected chi connectivity index (χ3v) is 6.41. The highest BCUT2D eigenvalue weighted by atomic mass is 32.2. The van der Waals surface area contributed by atoms with Gasteiger partial charge in [-0.05, 0) is 62.1 Å². The van der Waals surface area contributed by atoms with E-state index in [1.807, 2.05) is 30.3 Å². The average molecular weight is 321 g/mol. The number of benzene rings is 1. The number of aliphatic hydroxyl groups excluding tert-OH is 1. The fourth-order valence-electron chi connectivity index (χ4n) is 3.56. The smallest absolute Gasteiger partial charge is 0.119 e. The molecule has 0 bridgehead atoms. The zero-order valence-corrected chi connectivity index (χ0v) is 14.1. The second-order valence-electron chi connectivity index (χ2n) is 6.62. The van der Waals surface area contributed by atoms with Gasteiger partial charge in [-0.25, -0.2) is 0 Å². The fraction of sp³-hybridized carbons (Fsp3) is 0.667. The lowest BCUT2D eigenvalue weighted by Gasteiger charge is -2.42. The van der Waals surface area contributed by atoms with Gasteiger partial charge in [0.1, 0.15) is 5.75 Å². The normalized spacial score (nSPS) is 25.2. The predicted molar refractivity (Wildman–Crippen MR) is 92.6 cm³/mol. The molecule has 0 aliphatic carbocycles. The Bertz CT molecular complexity index is 440. The Kier molecular flexibility index (Phi) is 5.66. The Balaban J connectivity index is 1.46. The number of thioether (sulfide) groups is 1. The first kappa shape index (κ1) is 16.2. The van der Waals surface area contributed by atoms with Gasteiger partial charge in [-0.1, -0.05) is 18.2 Å². The van der Waals surface area contributed by atoms with Crippen molar-refractivity contribution in [2.75, 3.05) is 37.8 Å². The molecule has 122 valence electrons. The zero-order valence-electron chi connectivity index (χ0n) is 13.2. The summed E-state index contributed by atoms with van der Waals surface area (Å²) in [5.41, 5.74) is 0.0665. The Labute approximate surface area is 138 Å². The Morgan fingerprint density at radius 3 is 2.64 bits per heavy atom. The van der Waals surface area contributed by atoms with Crippen LogP contribution in [0.4, 0.5) is 0 Å². The number of ether oxygens (including phenoxy) is 1. The van der Waals surface area contributed by atoms with Crippen LogP contribution in [0.3, 0.4) is 0 Å². The molecule has 4 heteroatoms. The van der Waals surface area contributed by atoms with Crippen LogP contribution in [0.2, 0.25) is 0 Å². The molecule has 1 aromatic rings. The summed E-state index contributed by atoms with van der Waals surface area (Å²) in [4.78, 5) is 2.64. The number of piperidine rings is 1. The first-order valence-corrected chi connectivity index (χ1v) is 9.57. The molecule has 2 aliphatic rings. The number of hydrogen-bond donors (Lipinski definition) is 1. The van der Waals surface area contributed by atoms with Gasteiger partial charge in [0.15, 0.2) is 0 Å². The molecule has 3 rings (SSSR count). The van der Waals surface area contributed by atoms with Crippen LogP contribution in [0, 0.1) is 5.41 Å². The summed E-state index contributed by atoms with van der Waals surface area (Å²) >= 11 is 2.08. The number of nitrogens with zero attached hydrogens (tertiary/aromatic N) is 1. The van der Waals surface area contributed by atoms with E-state index in [1.165, 1.54) is 17.9 Å². The molecule has 3 nitrogen and oxygen atoms in total. The van der Waals surface area contributed by atoms with Crippen LogP contribution >= 0.6 is 11.8 Å². The van der Waals surface area contributed by atoms with Gasteiger partial charge in [0, 0.05) is 18.4 Å². The van der Waals surface area contributed by atoms with Crippen molar-refractivity contribution in [2.24, 2.45) is 5.41 Å². The summed E-state index contributed by atoms with van der Waals surface area (Å²) in [7, 11) is 0. The second kappa shape index (κ2) is 7.71. The average Bonchev–Trinajstić information content (AvgIpc) is 3.11. The predicted octanol–water partition coefficient (Wildman–Crippen LogP) is 3.04. The molecule has 22 heavy (non-hydrogen) atoms. The van der Waals surface area contributed by atoms with Crippen LogP contribution in [0.1, 0.15) is 25.7 Å². The van der Waals surface area contributed by atoms with Gasteiger partial charge in [-0.3, -0.25) is 4.90 Å². The van der Waals surface area contributed by atoms with Gasteiger partial charge in [-0.15, -0.1) is 0 Å². The molecular formula is C18H27NO2S. The topological polar surface area (TPSA) is 32.7 Å². The quantitative estimate of drug-likeness (QED) is 0.873. The molecule has 0 radical (unpaired) electrons. The van der Waals surface area contributed by atoms with Gasteiger partial charge < -0.3 is 9.84 Å². The van der Waals surface area contributed by atoms with Gasteiger partial charge in [0.2, 0.25) is 0 Å². The summed E-state index contributed by atoms with van der Waals surface area (Å²) in [6.45, 7) is 3.26. The minimum atomic E-state index is 0.0665. The van der Waals surface area contributed by atoms with Gasteiger partial charge >= 0.3 is 0 Å². The van der Waals surface area contributed by atoms with Crippen LogP contribution in [-0.2, 0) is 0 Å². The number of para-hydroxylation sites is 1. The maximum absolute atomic E-state index is 9.91. The molecule has 0 amide bonds. The number of likely N-dealkylation sites (tertiary alicyclic amines) is 1. The lowest BCUT2D eigenvalue weighted by atomic mass is 9.76. The van der Waals surface area contributed by atoms with Gasteiger partial charge in [-0.2, -0.15) is 11.8 Å². The number of rotatable bonds is 6. The van der Waals surface area contributed by atoms with E-state index >= 15 is 0 Å². The van der Waals surface area contributed by atoms with E-state index in [2.05, 4.69) is 16.7 Å². The molecule has 2 saturated heterocycles. The van der Waals surface area contributed by atoms with E-state index in [0.717, 1.165) is 44.1 Å². The first-order valence-electron chi connectivity index (χ1n) is 8.42. The van der Waals surface area contributed by atoms with Crippen LogP contribution in [0.25, 0.3) is 0 Å². The van der Waals surface area contributed by atoms with Crippen LogP contribution in [-0.4, -0.2) is 53.9 Å². The summed E-state index contributed by atoms with van der Waals surface area (Å²) in [5, 5.41) is 9.91. The monoisotopic (exact) mass is 321 g/mol. The van der Waals surface area contributed by atoms with Crippen molar-refractivity contribution in [1.29, 1.82) is 0 Å². The molecular weight excluding hydrogens is 294 g/mol. The number of hydrogen-bond acceptors (Lipinski definition) is 4. The SMILES string of the molecule is OCC1(CCOc2ccccc2)CCN(C2CCSC2)CC1. The highest BCUT2D eigenvalue weighted by Gasteiger charge is 2.36. The lowest BCUT2D eigenvalue weighted by Crippen LogP contribution is -2.47. The summed E-state index contributed by atoms with van der Waals surface area (Å²) in [5.74, 6) is 3.54. The molecule has 0 spiro atoms. The lowest BCUT2D eigenvalue weighted by molar-refractivity contribution is 0.0161. The molecule has 1 N–H and O–H groups in total. The van der Waals surface area contributed by atoms with E-state index in [0.29, 0.717) is 13.2 Å². The molecule has 0 saturated carbocycles. The van der Waals surface area contributed by atoms with Crippen molar-refractivity contribution < 1.29 is 9.84 Å². The summed E-state index contributed by atoms with van der Waals surface area (Å²) < 4.78 is 5.83. The highest BCUT2D eigenvalue weighted by Crippen LogP contribution is 2.37. The molecule has 0 aromatic heterocycles. The van der Waals surface area contributed by atoms with E-state index in [1.54, 1.807) is 0 Å². The largest absolute Gasteiger partial charge is 0.494 e. The molecule has 2 aliphatic heterocycles. The molecule has 1 aromatic carbocycles. The molecule has 1 atom stereocenters. The van der Waals surface area contributed by atoms with E-state index < -0.39 is 0 Å². The van der Waals surface area contributed by atoms with E-state index in [-0.39, 0.29) is 5.41 Å². The van der Waals surface area contributed by atoms with E-state index in [4.69, 9.17) is 4.74 Å². The van der Waals surface area contributed by atoms with Crippen LogP contribution in [0.15, 0.2) is 30.3 Å². The van der Waals surface area contributed by atoms with E-state index in [9.17, 15) is 5.11 Å². The summed E-state index contributed by atoms with van der Waals surface area (Å²) in [6, 6.07) is 10.8. The van der Waals surface area contributed by atoms with Crippen molar-refractivity contribution in [1.82, 2.24) is 4.90 Å². The highest BCUT2D eigenvalue weighted by molar-refractivity contribution is 7.99. The molecule has 1 unspecified atom stereocenters. The zero-order chi connectivity index (χ0) is 15.3. The second-order valence-corrected chi connectivity index (χ2v) is 7.77. The Morgan fingerprint density at radius 1 is 1.23 bits per heavy atom. The summed E-state index contributed by atoms with van der Waals surface area (Å²) in [6.07, 6.45) is 4.49. The Morgan fingerprint density at radius 2 is 2.00 bits per heavy atom. The van der Waals surface area contributed by atoms with Crippen LogP contribution < -0.4 is 4.74 Å². The first-order chi connectivity index (χ1) is 10.8. The van der Waals surface area contributed by atoms with Crippen molar-refractivity contribution >= 4 is 11.8 Å². The van der Waals surface area contributed by atoms with Crippen molar-refractivity contribution in [3.63, 3.8) is 0 Å². The van der Waals surface area contributed by atoms with Gasteiger partial charge in [0.25, 0.3) is 0 Å². The van der Waals surface area contributed by atoms with Crippen molar-refractivity contribution in [2.45, 2.75) is 31.7 Å². The minimum absolute atomic E-state index is 0.0665. The molecule has 2 heterocycles. The van der Waals surface area contributed by atoms with Crippen molar-refractivity contribution in [3.05, 3.63) is 30.3 Å². The fourth-order valence-corrected chi connectivity index (χ4v) is 4.82. The minimum Gasteiger partial charge on any atom is -0.494 e. The maximum atomic E-state index is 9.91. The van der Waals surface area contributed by atoms with Gasteiger partial charge in [0.05, 0.1) is 6.61 Å². The number of aliphatic hydroxyl groups is 1. The standard InChI is InChI=1S/C18H27NO2S/c20-15-18(9-12-21-17-4-2-1-3-5-17)7-10-19(11-8-18)16-6-13-22-14-16/h1-5,16,20H,6-15H2. The Hall–Kier alpha value is -0.710. The third-order valence-electron chi connectivity index (χ3n) is 5.26.